The van der Waals surface area contributed by atoms with Crippen LogP contribution in [0.3, 0.4) is 0 Å². The Bertz CT molecular complexity index is 1190. The average molecular weight is 442 g/mol. The van der Waals surface area contributed by atoms with E-state index in [1.165, 1.54) is 12.1 Å². The topological polar surface area (TPSA) is 70.1 Å². The lowest BCUT2D eigenvalue weighted by atomic mass is 9.89. The summed E-state index contributed by atoms with van der Waals surface area (Å²) in [7, 11) is -3.65. The van der Waals surface area contributed by atoms with E-state index < -0.39 is 10.0 Å². The van der Waals surface area contributed by atoms with Gasteiger partial charge in [-0.05, 0) is 61.6 Å². The molecule has 0 radical (unpaired) electrons. The highest BCUT2D eigenvalue weighted by Crippen LogP contribution is 2.34. The molecule has 5 rings (SSSR count). The summed E-state index contributed by atoms with van der Waals surface area (Å²) in [5, 5.41) is 0. The van der Waals surface area contributed by atoms with Crippen LogP contribution in [-0.2, 0) is 21.2 Å². The van der Waals surface area contributed by atoms with E-state index in [1.807, 2.05) is 28.9 Å². The fraction of sp³-hybridized carbons (Fsp3) is 0.391. The fourth-order valence-corrected chi connectivity index (χ4v) is 6.20. The Hall–Kier alpha value is -2.74. The molecular weight excluding hydrogens is 417 g/mol. The predicted octanol–water partition coefficient (Wildman–Crippen LogP) is 3.13. The minimum Gasteiger partial charge on any atom is -0.355 e. The standard InChI is InChI=1S/C23H24FN3O3S/c1-15-20-14-18(24)7-6-16(20)10-13-27(15)23(28)17-8-11-26(12-9-17)22-19-4-2-3-5-21(19)31(29,30)25-22/h2-7,14-15,17H,8-13H2,1H3. The fourth-order valence-electron chi connectivity index (χ4n) is 4.98. The maximum Gasteiger partial charge on any atom is 0.285 e. The van der Waals surface area contributed by atoms with Crippen LogP contribution in [-0.4, -0.2) is 49.6 Å². The first kappa shape index (κ1) is 20.2. The van der Waals surface area contributed by atoms with E-state index in [2.05, 4.69) is 4.40 Å². The van der Waals surface area contributed by atoms with E-state index in [0.717, 1.165) is 17.5 Å². The number of carbonyl (C=O) groups excluding carboxylic acids is 1. The van der Waals surface area contributed by atoms with Crippen molar-refractivity contribution in [3.8, 4) is 0 Å². The number of halogens is 1. The molecule has 1 amide bonds. The van der Waals surface area contributed by atoms with Crippen molar-refractivity contribution in [2.75, 3.05) is 19.6 Å². The summed E-state index contributed by atoms with van der Waals surface area (Å²) in [4.78, 5) is 17.4. The summed E-state index contributed by atoms with van der Waals surface area (Å²) >= 11 is 0. The van der Waals surface area contributed by atoms with E-state index in [9.17, 15) is 17.6 Å². The summed E-state index contributed by atoms with van der Waals surface area (Å²) < 4.78 is 42.4. The van der Waals surface area contributed by atoms with Crippen LogP contribution in [0.5, 0.6) is 0 Å². The monoisotopic (exact) mass is 441 g/mol. The Morgan fingerprint density at radius 3 is 2.61 bits per heavy atom. The highest BCUT2D eigenvalue weighted by atomic mass is 32.2. The van der Waals surface area contributed by atoms with Gasteiger partial charge < -0.3 is 9.80 Å². The number of hydrogen-bond donors (Lipinski definition) is 0. The number of sulfonamides is 1. The normalized spacial score (nSPS) is 22.6. The van der Waals surface area contributed by atoms with Crippen molar-refractivity contribution >= 4 is 21.8 Å². The number of hydrogen-bond acceptors (Lipinski definition) is 4. The Morgan fingerprint density at radius 2 is 1.84 bits per heavy atom. The maximum absolute atomic E-state index is 13.7. The third kappa shape index (κ3) is 3.43. The third-order valence-corrected chi connectivity index (χ3v) is 8.01. The minimum absolute atomic E-state index is 0.100. The first-order valence-electron chi connectivity index (χ1n) is 10.6. The molecule has 162 valence electrons. The first-order valence-corrected chi connectivity index (χ1v) is 12.1. The number of benzene rings is 2. The highest BCUT2D eigenvalue weighted by molar-refractivity contribution is 7.90. The number of rotatable bonds is 1. The van der Waals surface area contributed by atoms with Gasteiger partial charge in [-0.25, -0.2) is 4.39 Å². The molecule has 1 saturated heterocycles. The molecule has 3 heterocycles. The van der Waals surface area contributed by atoms with Crippen molar-refractivity contribution in [3.05, 3.63) is 65.0 Å². The van der Waals surface area contributed by atoms with Gasteiger partial charge in [0.15, 0.2) is 5.84 Å². The van der Waals surface area contributed by atoms with Crippen LogP contribution < -0.4 is 0 Å². The van der Waals surface area contributed by atoms with Crippen LogP contribution >= 0.6 is 0 Å². The summed E-state index contributed by atoms with van der Waals surface area (Å²) in [6.07, 6.45) is 2.01. The van der Waals surface area contributed by atoms with Gasteiger partial charge >= 0.3 is 0 Å². The molecule has 31 heavy (non-hydrogen) atoms. The van der Waals surface area contributed by atoms with Crippen molar-refractivity contribution < 1.29 is 17.6 Å². The van der Waals surface area contributed by atoms with Crippen LogP contribution in [0.15, 0.2) is 51.8 Å². The molecule has 2 aromatic rings. The molecule has 0 aliphatic carbocycles. The maximum atomic E-state index is 13.7. The van der Waals surface area contributed by atoms with Gasteiger partial charge in [-0.2, -0.15) is 8.42 Å². The molecule has 0 aromatic heterocycles. The quantitative estimate of drug-likeness (QED) is 0.682. The largest absolute Gasteiger partial charge is 0.355 e. The predicted molar refractivity (Wildman–Crippen MR) is 115 cm³/mol. The zero-order valence-electron chi connectivity index (χ0n) is 17.3. The number of amides is 1. The molecule has 8 heteroatoms. The number of piperidine rings is 1. The van der Waals surface area contributed by atoms with Gasteiger partial charge in [0.2, 0.25) is 5.91 Å². The molecule has 0 saturated carbocycles. The van der Waals surface area contributed by atoms with E-state index in [1.54, 1.807) is 18.2 Å². The van der Waals surface area contributed by atoms with Gasteiger partial charge in [0.05, 0.1) is 6.04 Å². The van der Waals surface area contributed by atoms with Crippen LogP contribution in [0.4, 0.5) is 4.39 Å². The lowest BCUT2D eigenvalue weighted by Gasteiger charge is -2.40. The average Bonchev–Trinajstić information content (AvgIpc) is 3.05. The summed E-state index contributed by atoms with van der Waals surface area (Å²) in [5.41, 5.74) is 2.63. The Morgan fingerprint density at radius 1 is 1.10 bits per heavy atom. The van der Waals surface area contributed by atoms with Gasteiger partial charge in [0, 0.05) is 31.1 Å². The lowest BCUT2D eigenvalue weighted by Crippen LogP contribution is -2.46. The first-order chi connectivity index (χ1) is 14.8. The molecule has 6 nitrogen and oxygen atoms in total. The number of amidine groups is 1. The van der Waals surface area contributed by atoms with Gasteiger partial charge in [-0.3, -0.25) is 4.79 Å². The van der Waals surface area contributed by atoms with E-state index >= 15 is 0 Å². The third-order valence-electron chi connectivity index (χ3n) is 6.69. The minimum atomic E-state index is -3.65. The Labute approximate surface area is 181 Å². The second-order valence-corrected chi connectivity index (χ2v) is 10.0. The van der Waals surface area contributed by atoms with Crippen molar-refractivity contribution in [1.82, 2.24) is 9.80 Å². The summed E-state index contributed by atoms with van der Waals surface area (Å²) in [6, 6.07) is 11.5. The molecule has 0 N–H and O–H groups in total. The Balaban J connectivity index is 1.29. The molecule has 0 bridgehead atoms. The molecule has 3 aliphatic heterocycles. The molecular formula is C23H24FN3O3S. The van der Waals surface area contributed by atoms with Crippen molar-refractivity contribution in [2.24, 2.45) is 10.3 Å². The number of carbonyl (C=O) groups is 1. The van der Waals surface area contributed by atoms with E-state index in [4.69, 9.17) is 0 Å². The SMILES string of the molecule is CC1c2cc(F)ccc2CCN1C(=O)C1CCN(C2=NS(=O)(=O)c3ccccc32)CC1. The second-order valence-electron chi connectivity index (χ2n) is 8.45. The smallest absolute Gasteiger partial charge is 0.285 e. The van der Waals surface area contributed by atoms with Gasteiger partial charge in [-0.15, -0.1) is 4.40 Å². The van der Waals surface area contributed by atoms with Crippen molar-refractivity contribution in [1.29, 1.82) is 0 Å². The van der Waals surface area contributed by atoms with E-state index in [-0.39, 0.29) is 28.6 Å². The highest BCUT2D eigenvalue weighted by Gasteiger charge is 2.37. The van der Waals surface area contributed by atoms with Gasteiger partial charge in [-0.1, -0.05) is 18.2 Å². The summed E-state index contributed by atoms with van der Waals surface area (Å²) in [5.74, 6) is 0.184. The molecule has 1 unspecified atom stereocenters. The van der Waals surface area contributed by atoms with Crippen LogP contribution in [0.1, 0.15) is 42.5 Å². The molecule has 1 atom stereocenters. The molecule has 2 aromatic carbocycles. The van der Waals surface area contributed by atoms with Crippen LogP contribution in [0, 0.1) is 11.7 Å². The Kier molecular flexibility index (Phi) is 4.84. The number of fused-ring (bicyclic) bond motifs is 2. The number of nitrogens with zero attached hydrogens (tertiary/aromatic N) is 3. The van der Waals surface area contributed by atoms with Crippen molar-refractivity contribution in [2.45, 2.75) is 37.1 Å². The van der Waals surface area contributed by atoms with Crippen molar-refractivity contribution in [3.63, 3.8) is 0 Å². The number of likely N-dealkylation sites (tertiary alicyclic amines) is 1. The zero-order valence-corrected chi connectivity index (χ0v) is 18.1. The molecule has 0 spiro atoms. The van der Waals surface area contributed by atoms with Gasteiger partial charge in [0.25, 0.3) is 10.0 Å². The lowest BCUT2D eigenvalue weighted by molar-refractivity contribution is -0.139. The molecule has 3 aliphatic rings. The molecule has 1 fully saturated rings. The second kappa shape index (κ2) is 7.44. The summed E-state index contributed by atoms with van der Waals surface area (Å²) in [6.45, 7) is 3.75. The van der Waals surface area contributed by atoms with Gasteiger partial charge in [0.1, 0.15) is 10.7 Å². The van der Waals surface area contributed by atoms with E-state index in [0.29, 0.717) is 43.9 Å². The zero-order chi connectivity index (χ0) is 21.8. The van der Waals surface area contributed by atoms with Crippen LogP contribution in [0.2, 0.25) is 0 Å². The van der Waals surface area contributed by atoms with Crippen LogP contribution in [0.25, 0.3) is 0 Å².